The van der Waals surface area contributed by atoms with Gasteiger partial charge in [-0.05, 0) is 35.4 Å². The molecular formula is C19H21N3O3. The van der Waals surface area contributed by atoms with Gasteiger partial charge in [0.1, 0.15) is 0 Å². The number of hydrogen-bond donors (Lipinski definition) is 3. The van der Waals surface area contributed by atoms with E-state index in [0.29, 0.717) is 24.2 Å². The normalized spacial score (nSPS) is 10.0. The fourth-order valence-corrected chi connectivity index (χ4v) is 2.18. The summed E-state index contributed by atoms with van der Waals surface area (Å²) in [7, 11) is 1.60. The maximum absolute atomic E-state index is 12.3. The SMILES string of the molecule is CNC(=O)Cc1ccc(NC(=O)c2ccc(CNC(C)=O)cc2)cc1. The van der Waals surface area contributed by atoms with Crippen molar-refractivity contribution in [1.82, 2.24) is 10.6 Å². The van der Waals surface area contributed by atoms with E-state index in [-0.39, 0.29) is 17.7 Å². The lowest BCUT2D eigenvalue weighted by Gasteiger charge is -2.08. The summed E-state index contributed by atoms with van der Waals surface area (Å²) in [5, 5.41) is 8.09. The van der Waals surface area contributed by atoms with Crippen LogP contribution in [0.1, 0.15) is 28.4 Å². The highest BCUT2D eigenvalue weighted by molar-refractivity contribution is 6.04. The molecule has 3 amide bonds. The summed E-state index contributed by atoms with van der Waals surface area (Å²) in [4.78, 5) is 34.5. The molecule has 0 aromatic heterocycles. The first-order chi connectivity index (χ1) is 12.0. The Morgan fingerprint density at radius 1 is 0.880 bits per heavy atom. The molecule has 0 saturated heterocycles. The molecule has 3 N–H and O–H groups in total. The molecule has 0 heterocycles. The van der Waals surface area contributed by atoms with Crippen molar-refractivity contribution in [3.05, 3.63) is 65.2 Å². The Kier molecular flexibility index (Phi) is 6.28. The number of anilines is 1. The first-order valence-corrected chi connectivity index (χ1v) is 7.92. The molecule has 0 aliphatic rings. The van der Waals surface area contributed by atoms with Crippen LogP contribution >= 0.6 is 0 Å². The fraction of sp³-hybridized carbons (Fsp3) is 0.211. The molecule has 130 valence electrons. The third-order valence-corrected chi connectivity index (χ3v) is 3.61. The van der Waals surface area contributed by atoms with Crippen LogP contribution in [-0.4, -0.2) is 24.8 Å². The average Bonchev–Trinajstić information content (AvgIpc) is 2.61. The third-order valence-electron chi connectivity index (χ3n) is 3.61. The Bertz CT molecular complexity index is 752. The van der Waals surface area contributed by atoms with Crippen LogP contribution in [0.2, 0.25) is 0 Å². The van der Waals surface area contributed by atoms with Crippen molar-refractivity contribution in [3.63, 3.8) is 0 Å². The van der Waals surface area contributed by atoms with Gasteiger partial charge in [-0.1, -0.05) is 24.3 Å². The van der Waals surface area contributed by atoms with E-state index >= 15 is 0 Å². The molecule has 0 radical (unpaired) electrons. The van der Waals surface area contributed by atoms with Gasteiger partial charge in [-0.3, -0.25) is 14.4 Å². The minimum absolute atomic E-state index is 0.0591. The highest BCUT2D eigenvalue weighted by Gasteiger charge is 2.07. The topological polar surface area (TPSA) is 87.3 Å². The lowest BCUT2D eigenvalue weighted by molar-refractivity contribution is -0.120. The minimum Gasteiger partial charge on any atom is -0.359 e. The van der Waals surface area contributed by atoms with Gasteiger partial charge in [0.05, 0.1) is 6.42 Å². The van der Waals surface area contributed by atoms with Crippen LogP contribution < -0.4 is 16.0 Å². The molecule has 0 saturated carbocycles. The summed E-state index contributed by atoms with van der Waals surface area (Å²) in [5.41, 5.74) is 2.99. The van der Waals surface area contributed by atoms with Gasteiger partial charge in [-0.2, -0.15) is 0 Å². The molecule has 0 unspecified atom stereocenters. The monoisotopic (exact) mass is 339 g/mol. The second-order valence-electron chi connectivity index (χ2n) is 5.61. The van der Waals surface area contributed by atoms with Gasteiger partial charge in [-0.15, -0.1) is 0 Å². The first kappa shape index (κ1) is 18.2. The molecule has 0 atom stereocenters. The second-order valence-corrected chi connectivity index (χ2v) is 5.61. The summed E-state index contributed by atoms with van der Waals surface area (Å²) in [6.45, 7) is 1.89. The van der Waals surface area contributed by atoms with Gasteiger partial charge < -0.3 is 16.0 Å². The van der Waals surface area contributed by atoms with E-state index in [1.807, 2.05) is 0 Å². The number of amides is 3. The highest BCUT2D eigenvalue weighted by atomic mass is 16.2. The third kappa shape index (κ3) is 5.76. The molecule has 6 heteroatoms. The Labute approximate surface area is 146 Å². The van der Waals surface area contributed by atoms with E-state index in [1.54, 1.807) is 55.6 Å². The molecule has 6 nitrogen and oxygen atoms in total. The summed E-state index contributed by atoms with van der Waals surface area (Å²) in [6, 6.07) is 14.2. The number of carbonyl (C=O) groups excluding carboxylic acids is 3. The number of nitrogens with one attached hydrogen (secondary N) is 3. The second kappa shape index (κ2) is 8.63. The average molecular weight is 339 g/mol. The zero-order valence-electron chi connectivity index (χ0n) is 14.3. The van der Waals surface area contributed by atoms with Crippen LogP contribution in [0.5, 0.6) is 0 Å². The Morgan fingerprint density at radius 3 is 2.04 bits per heavy atom. The number of carbonyl (C=O) groups is 3. The predicted octanol–water partition coefficient (Wildman–Crippen LogP) is 1.86. The molecule has 2 aromatic rings. The molecule has 0 fully saturated rings. The lowest BCUT2D eigenvalue weighted by atomic mass is 10.1. The van der Waals surface area contributed by atoms with Crippen LogP contribution in [0.25, 0.3) is 0 Å². The smallest absolute Gasteiger partial charge is 0.255 e. The molecule has 2 aromatic carbocycles. The minimum atomic E-state index is -0.217. The molecule has 2 rings (SSSR count). The zero-order valence-corrected chi connectivity index (χ0v) is 14.3. The highest BCUT2D eigenvalue weighted by Crippen LogP contribution is 2.12. The van der Waals surface area contributed by atoms with Gasteiger partial charge in [0, 0.05) is 31.8 Å². The first-order valence-electron chi connectivity index (χ1n) is 7.92. The maximum atomic E-state index is 12.3. The summed E-state index contributed by atoms with van der Waals surface area (Å²) in [6.07, 6.45) is 0.306. The molecule has 0 aliphatic heterocycles. The molecule has 0 bridgehead atoms. The van der Waals surface area contributed by atoms with Crippen LogP contribution in [0.3, 0.4) is 0 Å². The van der Waals surface area contributed by atoms with Gasteiger partial charge in [0.15, 0.2) is 0 Å². The van der Waals surface area contributed by atoms with Gasteiger partial charge in [0.25, 0.3) is 5.91 Å². The lowest BCUT2D eigenvalue weighted by Crippen LogP contribution is -2.20. The molecular weight excluding hydrogens is 318 g/mol. The van der Waals surface area contributed by atoms with E-state index in [0.717, 1.165) is 11.1 Å². The van der Waals surface area contributed by atoms with Crippen molar-refractivity contribution < 1.29 is 14.4 Å². The van der Waals surface area contributed by atoms with E-state index in [4.69, 9.17) is 0 Å². The molecule has 25 heavy (non-hydrogen) atoms. The standard InChI is InChI=1S/C19H21N3O3/c1-13(23)21-12-15-3-7-16(8-4-15)19(25)22-17-9-5-14(6-10-17)11-18(24)20-2/h3-10H,11-12H2,1-2H3,(H,20,24)(H,21,23)(H,22,25). The van der Waals surface area contributed by atoms with Crippen molar-refractivity contribution >= 4 is 23.4 Å². The quantitative estimate of drug-likeness (QED) is 0.751. The number of benzene rings is 2. The predicted molar refractivity (Wildman–Crippen MR) is 96.1 cm³/mol. The number of hydrogen-bond acceptors (Lipinski definition) is 3. The fourth-order valence-electron chi connectivity index (χ4n) is 2.18. The van der Waals surface area contributed by atoms with Crippen molar-refractivity contribution in [2.75, 3.05) is 12.4 Å². The van der Waals surface area contributed by atoms with E-state index in [2.05, 4.69) is 16.0 Å². The Balaban J connectivity index is 1.94. The summed E-state index contributed by atoms with van der Waals surface area (Å²) in [5.74, 6) is -0.372. The molecule has 0 spiro atoms. The van der Waals surface area contributed by atoms with Crippen molar-refractivity contribution in [2.45, 2.75) is 19.9 Å². The van der Waals surface area contributed by atoms with Crippen LogP contribution in [-0.2, 0) is 22.6 Å². The van der Waals surface area contributed by atoms with Crippen LogP contribution in [0, 0.1) is 0 Å². The van der Waals surface area contributed by atoms with Crippen molar-refractivity contribution in [2.24, 2.45) is 0 Å². The summed E-state index contributed by atoms with van der Waals surface area (Å²) < 4.78 is 0. The van der Waals surface area contributed by atoms with Crippen LogP contribution in [0.15, 0.2) is 48.5 Å². The molecule has 0 aliphatic carbocycles. The van der Waals surface area contributed by atoms with E-state index in [1.165, 1.54) is 6.92 Å². The zero-order chi connectivity index (χ0) is 18.2. The Hall–Kier alpha value is -3.15. The van der Waals surface area contributed by atoms with E-state index < -0.39 is 0 Å². The number of rotatable bonds is 6. The van der Waals surface area contributed by atoms with Crippen LogP contribution in [0.4, 0.5) is 5.69 Å². The van der Waals surface area contributed by atoms with E-state index in [9.17, 15) is 14.4 Å². The van der Waals surface area contributed by atoms with Crippen molar-refractivity contribution in [1.29, 1.82) is 0 Å². The van der Waals surface area contributed by atoms with Gasteiger partial charge >= 0.3 is 0 Å². The Morgan fingerprint density at radius 2 is 1.48 bits per heavy atom. The number of likely N-dealkylation sites (N-methyl/N-ethyl adjacent to an activating group) is 1. The largest absolute Gasteiger partial charge is 0.359 e. The van der Waals surface area contributed by atoms with Gasteiger partial charge in [0.2, 0.25) is 11.8 Å². The van der Waals surface area contributed by atoms with Crippen molar-refractivity contribution in [3.8, 4) is 0 Å². The summed E-state index contributed by atoms with van der Waals surface area (Å²) >= 11 is 0. The van der Waals surface area contributed by atoms with Gasteiger partial charge in [-0.25, -0.2) is 0 Å². The maximum Gasteiger partial charge on any atom is 0.255 e.